The Morgan fingerprint density at radius 3 is 1.29 bits per heavy atom. The van der Waals surface area contributed by atoms with Crippen LogP contribution < -0.4 is 0 Å². The number of nitrogens with zero attached hydrogens (tertiary/aromatic N) is 2. The van der Waals surface area contributed by atoms with Crippen molar-refractivity contribution >= 4 is 21.5 Å². The van der Waals surface area contributed by atoms with E-state index in [1.54, 1.807) is 0 Å². The second-order valence-corrected chi connectivity index (χ2v) is 12.1. The van der Waals surface area contributed by atoms with Crippen molar-refractivity contribution in [2.24, 2.45) is 0 Å². The molecule has 3 aromatic carbocycles. The molecule has 0 fully saturated rings. The summed E-state index contributed by atoms with van der Waals surface area (Å²) in [5, 5.41) is 5.88. The van der Waals surface area contributed by atoms with Gasteiger partial charge in [-0.1, -0.05) is 20.8 Å². The molecule has 0 spiro atoms. The van der Waals surface area contributed by atoms with Gasteiger partial charge >= 0.3 is 0 Å². The van der Waals surface area contributed by atoms with Gasteiger partial charge in [0.25, 0.3) is 0 Å². The summed E-state index contributed by atoms with van der Waals surface area (Å²) in [6.45, 7) is 27.4. The maximum atomic E-state index is 5.03. The Balaban J connectivity index is 2.06. The Morgan fingerprint density at radius 1 is 0.457 bits per heavy atom. The molecule has 0 saturated carbocycles. The van der Waals surface area contributed by atoms with Gasteiger partial charge in [0.15, 0.2) is 0 Å². The second-order valence-electron chi connectivity index (χ2n) is 12.1. The molecule has 182 valence electrons. The molecule has 4 aromatic rings. The van der Waals surface area contributed by atoms with E-state index in [-0.39, 0.29) is 5.41 Å². The average molecular weight is 465 g/mol. The van der Waals surface area contributed by atoms with Crippen molar-refractivity contribution in [2.75, 3.05) is 0 Å². The van der Waals surface area contributed by atoms with Crippen LogP contribution in [0.1, 0.15) is 99.2 Å². The van der Waals surface area contributed by atoms with E-state index in [0.717, 1.165) is 18.7 Å². The van der Waals surface area contributed by atoms with Crippen molar-refractivity contribution in [2.45, 2.75) is 101 Å². The molecule has 0 atom stereocenters. The number of fused-ring (bicyclic) bond motifs is 7. The maximum absolute atomic E-state index is 5.03. The van der Waals surface area contributed by atoms with Gasteiger partial charge in [0, 0.05) is 23.8 Å². The molecule has 1 aliphatic rings. The monoisotopic (exact) mass is 464 g/mol. The fraction of sp³-hybridized carbons (Fsp3) is 0.455. The van der Waals surface area contributed by atoms with E-state index in [9.17, 15) is 0 Å². The Bertz CT molecular complexity index is 1590. The fourth-order valence-corrected chi connectivity index (χ4v) is 6.65. The Kier molecular flexibility index (Phi) is 5.23. The third-order valence-electron chi connectivity index (χ3n) is 9.21. The summed E-state index contributed by atoms with van der Waals surface area (Å²) < 4.78 is 0. The van der Waals surface area contributed by atoms with Gasteiger partial charge in [-0.15, -0.1) is 0 Å². The Morgan fingerprint density at radius 2 is 0.857 bits per heavy atom. The number of hydrogen-bond donors (Lipinski definition) is 0. The molecule has 5 rings (SSSR count). The highest BCUT2D eigenvalue weighted by atomic mass is 14.9. The van der Waals surface area contributed by atoms with E-state index in [0.29, 0.717) is 0 Å². The first-order chi connectivity index (χ1) is 16.3. The zero-order chi connectivity index (χ0) is 25.7. The SMILES string of the molecule is Cc1nc2c(c(C(C)(C)C)n1)Cc1c(c3c(C)c(C)c(C)c(C)c3c3c(C)c(C)c(C)c(C)c13)C2. The summed E-state index contributed by atoms with van der Waals surface area (Å²) >= 11 is 0. The van der Waals surface area contributed by atoms with Gasteiger partial charge in [0.1, 0.15) is 5.82 Å². The molecule has 2 heteroatoms. The molecule has 0 N–H and O–H groups in total. The van der Waals surface area contributed by atoms with Crippen molar-refractivity contribution in [1.29, 1.82) is 0 Å². The average Bonchev–Trinajstić information content (AvgIpc) is 2.79. The predicted molar refractivity (Wildman–Crippen MR) is 150 cm³/mol. The lowest BCUT2D eigenvalue weighted by Crippen LogP contribution is -2.23. The van der Waals surface area contributed by atoms with Crippen molar-refractivity contribution < 1.29 is 0 Å². The maximum Gasteiger partial charge on any atom is 0.125 e. The van der Waals surface area contributed by atoms with Crippen molar-refractivity contribution in [3.63, 3.8) is 0 Å². The topological polar surface area (TPSA) is 25.8 Å². The van der Waals surface area contributed by atoms with Crippen molar-refractivity contribution in [3.8, 4) is 0 Å². The molecule has 0 bridgehead atoms. The number of aryl methyl sites for hydroxylation is 5. The first-order valence-corrected chi connectivity index (χ1v) is 13.1. The molecule has 35 heavy (non-hydrogen) atoms. The van der Waals surface area contributed by atoms with Crippen molar-refractivity contribution in [3.05, 3.63) is 78.4 Å². The highest BCUT2D eigenvalue weighted by Gasteiger charge is 2.31. The van der Waals surface area contributed by atoms with Gasteiger partial charge in [-0.05, 0) is 139 Å². The summed E-state index contributed by atoms with van der Waals surface area (Å²) in [6.07, 6.45) is 1.80. The third kappa shape index (κ3) is 3.21. The number of benzene rings is 3. The van der Waals surface area contributed by atoms with Gasteiger partial charge in [-0.25, -0.2) is 9.97 Å². The summed E-state index contributed by atoms with van der Waals surface area (Å²) in [4.78, 5) is 10.0. The highest BCUT2D eigenvalue weighted by Crippen LogP contribution is 2.47. The van der Waals surface area contributed by atoms with Gasteiger partial charge in [-0.3, -0.25) is 0 Å². The van der Waals surface area contributed by atoms with E-state index < -0.39 is 0 Å². The van der Waals surface area contributed by atoms with E-state index in [2.05, 4.69) is 76.2 Å². The highest BCUT2D eigenvalue weighted by molar-refractivity contribution is 6.17. The minimum absolute atomic E-state index is 0.0143. The molecule has 0 saturated heterocycles. The van der Waals surface area contributed by atoms with E-state index in [1.165, 1.54) is 94.1 Å². The lowest BCUT2D eigenvalue weighted by Gasteiger charge is -2.31. The molecule has 0 radical (unpaired) electrons. The van der Waals surface area contributed by atoms with Crippen LogP contribution in [0.3, 0.4) is 0 Å². The van der Waals surface area contributed by atoms with Gasteiger partial charge in [0.05, 0.1) is 11.4 Å². The largest absolute Gasteiger partial charge is 0.238 e. The summed E-state index contributed by atoms with van der Waals surface area (Å²) in [6, 6.07) is 0. The minimum atomic E-state index is -0.0143. The molecule has 0 unspecified atom stereocenters. The molecule has 0 aliphatic heterocycles. The molecule has 1 aliphatic carbocycles. The van der Waals surface area contributed by atoms with Crippen LogP contribution >= 0.6 is 0 Å². The van der Waals surface area contributed by atoms with Crippen LogP contribution in [0.15, 0.2) is 0 Å². The van der Waals surface area contributed by atoms with E-state index in [1.807, 2.05) is 6.92 Å². The van der Waals surface area contributed by atoms with Gasteiger partial charge < -0.3 is 0 Å². The van der Waals surface area contributed by atoms with Crippen LogP contribution in [0.5, 0.6) is 0 Å². The molecule has 0 amide bonds. The van der Waals surface area contributed by atoms with Gasteiger partial charge in [0.2, 0.25) is 0 Å². The fourth-order valence-electron chi connectivity index (χ4n) is 6.65. The Hall–Kier alpha value is -2.74. The van der Waals surface area contributed by atoms with Crippen LogP contribution in [-0.2, 0) is 18.3 Å². The van der Waals surface area contributed by atoms with Crippen LogP contribution in [-0.4, -0.2) is 9.97 Å². The Labute approximate surface area is 211 Å². The number of rotatable bonds is 0. The number of hydrogen-bond acceptors (Lipinski definition) is 2. The lowest BCUT2D eigenvalue weighted by atomic mass is 9.74. The zero-order valence-electron chi connectivity index (χ0n) is 23.8. The molecule has 1 heterocycles. The summed E-state index contributed by atoms with van der Waals surface area (Å²) in [7, 11) is 0. The second kappa shape index (κ2) is 7.63. The standard InChI is InChI=1S/C33H40N2/c1-15-17(3)21(7)30-28(19(15)5)24-13-26-27(34-23(9)35-32(26)33(10,11)12)14-25(24)29-20(6)16(2)18(4)22(8)31(29)30/h13-14H2,1-12H3. The number of aromatic nitrogens is 2. The van der Waals surface area contributed by atoms with Crippen LogP contribution in [0.25, 0.3) is 21.5 Å². The first-order valence-electron chi connectivity index (χ1n) is 13.1. The minimum Gasteiger partial charge on any atom is -0.238 e. The first kappa shape index (κ1) is 24.0. The normalized spacial score (nSPS) is 13.5. The molecular formula is C33H40N2. The molecular weight excluding hydrogens is 424 g/mol. The third-order valence-corrected chi connectivity index (χ3v) is 9.21. The summed E-state index contributed by atoms with van der Waals surface area (Å²) in [5.41, 5.74) is 18.2. The molecule has 2 nitrogen and oxygen atoms in total. The zero-order valence-corrected chi connectivity index (χ0v) is 23.8. The predicted octanol–water partition coefficient (Wildman–Crippen LogP) is 8.35. The molecule has 1 aromatic heterocycles. The smallest absolute Gasteiger partial charge is 0.125 e. The van der Waals surface area contributed by atoms with Crippen LogP contribution in [0, 0.1) is 62.3 Å². The van der Waals surface area contributed by atoms with Crippen molar-refractivity contribution in [1.82, 2.24) is 9.97 Å². The van der Waals surface area contributed by atoms with Gasteiger partial charge in [-0.2, -0.15) is 0 Å². The van der Waals surface area contributed by atoms with E-state index in [4.69, 9.17) is 9.97 Å². The quantitative estimate of drug-likeness (QED) is 0.215. The van der Waals surface area contributed by atoms with Crippen LogP contribution in [0.2, 0.25) is 0 Å². The van der Waals surface area contributed by atoms with Crippen LogP contribution in [0.4, 0.5) is 0 Å². The lowest BCUT2D eigenvalue weighted by molar-refractivity contribution is 0.553. The summed E-state index contributed by atoms with van der Waals surface area (Å²) in [5.74, 6) is 0.889. The van der Waals surface area contributed by atoms with E-state index >= 15 is 0 Å².